The van der Waals surface area contributed by atoms with E-state index in [1.807, 2.05) is 7.05 Å². The SMILES string of the molecule is CCN1CCN(CC(C)CNC(=NC)NCCn2cccc2)CC1.I. The van der Waals surface area contributed by atoms with Gasteiger partial charge in [-0.1, -0.05) is 13.8 Å². The van der Waals surface area contributed by atoms with E-state index in [0.717, 1.165) is 32.1 Å². The monoisotopic (exact) mass is 462 g/mol. The zero-order valence-electron chi connectivity index (χ0n) is 15.9. The maximum atomic E-state index is 4.31. The van der Waals surface area contributed by atoms with E-state index >= 15 is 0 Å². The van der Waals surface area contributed by atoms with Gasteiger partial charge in [-0.05, 0) is 24.6 Å². The highest BCUT2D eigenvalue weighted by atomic mass is 127. The van der Waals surface area contributed by atoms with Crippen molar-refractivity contribution in [2.45, 2.75) is 20.4 Å². The molecule has 0 radical (unpaired) electrons. The molecule has 2 rings (SSSR count). The van der Waals surface area contributed by atoms with E-state index in [2.05, 4.69) is 68.4 Å². The van der Waals surface area contributed by atoms with Crippen LogP contribution in [0.25, 0.3) is 0 Å². The predicted molar refractivity (Wildman–Crippen MR) is 117 cm³/mol. The number of aromatic nitrogens is 1. The van der Waals surface area contributed by atoms with Crippen LogP contribution in [0.4, 0.5) is 0 Å². The Labute approximate surface area is 170 Å². The molecule has 1 aromatic heterocycles. The molecule has 0 aliphatic carbocycles. The molecule has 2 N–H and O–H groups in total. The largest absolute Gasteiger partial charge is 0.356 e. The maximum absolute atomic E-state index is 4.31. The minimum Gasteiger partial charge on any atom is -0.356 e. The van der Waals surface area contributed by atoms with Gasteiger partial charge in [-0.3, -0.25) is 4.99 Å². The van der Waals surface area contributed by atoms with Crippen LogP contribution in [0.15, 0.2) is 29.5 Å². The third-order valence-electron chi connectivity index (χ3n) is 4.65. The zero-order chi connectivity index (χ0) is 17.2. The Balaban J connectivity index is 0.00000312. The minimum absolute atomic E-state index is 0. The molecular weight excluding hydrogens is 427 g/mol. The van der Waals surface area contributed by atoms with Gasteiger partial charge < -0.3 is 25.0 Å². The summed E-state index contributed by atoms with van der Waals surface area (Å²) in [4.78, 5) is 9.42. The molecule has 0 spiro atoms. The molecule has 2 heterocycles. The quantitative estimate of drug-likeness (QED) is 0.350. The van der Waals surface area contributed by atoms with Crippen LogP contribution in [0.5, 0.6) is 0 Å². The summed E-state index contributed by atoms with van der Waals surface area (Å²) in [6, 6.07) is 4.10. The summed E-state index contributed by atoms with van der Waals surface area (Å²) in [7, 11) is 1.83. The average molecular weight is 462 g/mol. The number of nitrogens with zero attached hydrogens (tertiary/aromatic N) is 4. The first-order valence-corrected chi connectivity index (χ1v) is 9.21. The molecule has 1 atom stereocenters. The lowest BCUT2D eigenvalue weighted by Crippen LogP contribution is -2.48. The molecule has 25 heavy (non-hydrogen) atoms. The molecule has 1 unspecified atom stereocenters. The van der Waals surface area contributed by atoms with Gasteiger partial charge in [0.05, 0.1) is 0 Å². The van der Waals surface area contributed by atoms with E-state index in [0.29, 0.717) is 5.92 Å². The zero-order valence-corrected chi connectivity index (χ0v) is 18.3. The van der Waals surface area contributed by atoms with Crippen LogP contribution in [0, 0.1) is 5.92 Å². The summed E-state index contributed by atoms with van der Waals surface area (Å²) in [6.45, 7) is 14.5. The molecular formula is C18H35IN6. The van der Waals surface area contributed by atoms with Crippen LogP contribution in [0.1, 0.15) is 13.8 Å². The fourth-order valence-corrected chi connectivity index (χ4v) is 3.11. The number of rotatable bonds is 8. The Morgan fingerprint density at radius 3 is 2.32 bits per heavy atom. The summed E-state index contributed by atoms with van der Waals surface area (Å²) in [5, 5.41) is 6.83. The first-order chi connectivity index (χ1) is 11.7. The molecule has 6 nitrogen and oxygen atoms in total. The second-order valence-corrected chi connectivity index (χ2v) is 6.64. The highest BCUT2D eigenvalue weighted by molar-refractivity contribution is 14.0. The molecule has 1 aliphatic rings. The van der Waals surface area contributed by atoms with Crippen molar-refractivity contribution in [2.75, 3.05) is 59.4 Å². The second kappa shape index (κ2) is 12.5. The van der Waals surface area contributed by atoms with Crippen molar-refractivity contribution in [2.24, 2.45) is 10.9 Å². The Bertz CT molecular complexity index is 468. The number of guanidine groups is 1. The first kappa shape index (κ1) is 22.2. The van der Waals surface area contributed by atoms with Crippen LogP contribution in [-0.4, -0.2) is 79.7 Å². The number of hydrogen-bond donors (Lipinski definition) is 2. The molecule has 1 saturated heterocycles. The van der Waals surface area contributed by atoms with Crippen LogP contribution in [0.2, 0.25) is 0 Å². The van der Waals surface area contributed by atoms with E-state index in [4.69, 9.17) is 0 Å². The molecule has 0 bridgehead atoms. The van der Waals surface area contributed by atoms with Gasteiger partial charge in [0.2, 0.25) is 0 Å². The fraction of sp³-hybridized carbons (Fsp3) is 0.722. The van der Waals surface area contributed by atoms with Gasteiger partial charge in [0.1, 0.15) is 0 Å². The molecule has 144 valence electrons. The van der Waals surface area contributed by atoms with E-state index < -0.39 is 0 Å². The Kier molecular flexibility index (Phi) is 11.2. The van der Waals surface area contributed by atoms with Gasteiger partial charge in [0, 0.05) is 71.8 Å². The maximum Gasteiger partial charge on any atom is 0.191 e. The van der Waals surface area contributed by atoms with Crippen molar-refractivity contribution in [3.05, 3.63) is 24.5 Å². The molecule has 1 aromatic rings. The summed E-state index contributed by atoms with van der Waals surface area (Å²) in [5.74, 6) is 1.51. The van der Waals surface area contributed by atoms with Crippen molar-refractivity contribution in [1.29, 1.82) is 0 Å². The van der Waals surface area contributed by atoms with Crippen LogP contribution < -0.4 is 10.6 Å². The fourth-order valence-electron chi connectivity index (χ4n) is 3.11. The molecule has 7 heteroatoms. The third kappa shape index (κ3) is 8.42. The lowest BCUT2D eigenvalue weighted by atomic mass is 10.1. The molecule has 1 fully saturated rings. The Morgan fingerprint density at radius 1 is 1.08 bits per heavy atom. The topological polar surface area (TPSA) is 47.8 Å². The van der Waals surface area contributed by atoms with Crippen molar-refractivity contribution in [3.8, 4) is 0 Å². The number of nitrogens with one attached hydrogen (secondary N) is 2. The molecule has 0 saturated carbocycles. The average Bonchev–Trinajstić information content (AvgIpc) is 3.12. The highest BCUT2D eigenvalue weighted by Gasteiger charge is 2.17. The lowest BCUT2D eigenvalue weighted by molar-refractivity contribution is 0.124. The lowest BCUT2D eigenvalue weighted by Gasteiger charge is -2.35. The van der Waals surface area contributed by atoms with Gasteiger partial charge in [0.15, 0.2) is 5.96 Å². The summed E-state index contributed by atoms with van der Waals surface area (Å²) in [6.07, 6.45) is 4.16. The van der Waals surface area contributed by atoms with E-state index in [9.17, 15) is 0 Å². The predicted octanol–water partition coefficient (Wildman–Crippen LogP) is 1.54. The summed E-state index contributed by atoms with van der Waals surface area (Å²) in [5.41, 5.74) is 0. The van der Waals surface area contributed by atoms with Crippen molar-refractivity contribution >= 4 is 29.9 Å². The van der Waals surface area contributed by atoms with Gasteiger partial charge in [-0.25, -0.2) is 0 Å². The van der Waals surface area contributed by atoms with Crippen LogP contribution >= 0.6 is 24.0 Å². The van der Waals surface area contributed by atoms with E-state index in [1.54, 1.807) is 0 Å². The van der Waals surface area contributed by atoms with Crippen LogP contribution in [-0.2, 0) is 6.54 Å². The second-order valence-electron chi connectivity index (χ2n) is 6.64. The molecule has 0 amide bonds. The van der Waals surface area contributed by atoms with E-state index in [-0.39, 0.29) is 24.0 Å². The molecule has 1 aliphatic heterocycles. The number of halogens is 1. The number of hydrogen-bond acceptors (Lipinski definition) is 3. The number of aliphatic imine (C=N–C) groups is 1. The Hall–Kier alpha value is -0.800. The standard InChI is InChI=1S/C18H34N6.HI/c1-4-22-11-13-24(14-12-22)16-17(2)15-21-18(19-3)20-7-10-23-8-5-6-9-23;/h5-6,8-9,17H,4,7,10-16H2,1-3H3,(H2,19,20,21);1H. The highest BCUT2D eigenvalue weighted by Crippen LogP contribution is 2.05. The van der Waals surface area contributed by atoms with Gasteiger partial charge in [-0.15, -0.1) is 24.0 Å². The third-order valence-corrected chi connectivity index (χ3v) is 4.65. The molecule has 0 aromatic carbocycles. The van der Waals surface area contributed by atoms with Crippen molar-refractivity contribution in [3.63, 3.8) is 0 Å². The van der Waals surface area contributed by atoms with Crippen molar-refractivity contribution in [1.82, 2.24) is 25.0 Å². The summed E-state index contributed by atoms with van der Waals surface area (Å²) >= 11 is 0. The van der Waals surface area contributed by atoms with Crippen LogP contribution in [0.3, 0.4) is 0 Å². The summed E-state index contributed by atoms with van der Waals surface area (Å²) < 4.78 is 2.17. The smallest absolute Gasteiger partial charge is 0.191 e. The first-order valence-electron chi connectivity index (χ1n) is 9.21. The number of likely N-dealkylation sites (N-methyl/N-ethyl adjacent to an activating group) is 1. The van der Waals surface area contributed by atoms with Gasteiger partial charge in [0.25, 0.3) is 0 Å². The van der Waals surface area contributed by atoms with Gasteiger partial charge in [-0.2, -0.15) is 0 Å². The van der Waals surface area contributed by atoms with Crippen molar-refractivity contribution < 1.29 is 0 Å². The minimum atomic E-state index is 0. The Morgan fingerprint density at radius 2 is 1.72 bits per heavy atom. The van der Waals surface area contributed by atoms with E-state index in [1.165, 1.54) is 32.7 Å². The van der Waals surface area contributed by atoms with Gasteiger partial charge >= 0.3 is 0 Å². The normalized spacial score (nSPS) is 17.8. The number of piperazine rings is 1.